The SMILES string of the molecule is COc1cccc(C(=O)NN=C2CC3CCC2C3)c1. The number of fused-ring (bicyclic) bond motifs is 2. The number of amides is 1. The van der Waals surface area contributed by atoms with Crippen LogP contribution in [0.3, 0.4) is 0 Å². The molecule has 0 aliphatic heterocycles. The fourth-order valence-electron chi connectivity index (χ4n) is 3.11. The van der Waals surface area contributed by atoms with Crippen molar-refractivity contribution in [3.63, 3.8) is 0 Å². The minimum Gasteiger partial charge on any atom is -0.497 e. The van der Waals surface area contributed by atoms with Gasteiger partial charge in [0, 0.05) is 11.3 Å². The molecule has 4 nitrogen and oxygen atoms in total. The Hall–Kier alpha value is -1.84. The average Bonchev–Trinajstić information content (AvgIpc) is 3.07. The lowest BCUT2D eigenvalue weighted by Gasteiger charge is -2.11. The normalized spacial score (nSPS) is 26.7. The van der Waals surface area contributed by atoms with Gasteiger partial charge in [0.25, 0.3) is 5.91 Å². The molecule has 1 aromatic carbocycles. The van der Waals surface area contributed by atoms with E-state index in [0.717, 1.165) is 12.3 Å². The van der Waals surface area contributed by atoms with Gasteiger partial charge in [-0.15, -0.1) is 0 Å². The van der Waals surface area contributed by atoms with Gasteiger partial charge in [-0.05, 0) is 55.7 Å². The zero-order chi connectivity index (χ0) is 13.2. The van der Waals surface area contributed by atoms with Crippen LogP contribution < -0.4 is 10.2 Å². The van der Waals surface area contributed by atoms with Crippen molar-refractivity contribution in [2.75, 3.05) is 7.11 Å². The van der Waals surface area contributed by atoms with Gasteiger partial charge in [-0.25, -0.2) is 5.43 Å². The molecule has 4 heteroatoms. The van der Waals surface area contributed by atoms with Gasteiger partial charge in [-0.1, -0.05) is 6.07 Å². The molecule has 2 aliphatic carbocycles. The van der Waals surface area contributed by atoms with E-state index in [-0.39, 0.29) is 5.91 Å². The molecular weight excluding hydrogens is 240 g/mol. The van der Waals surface area contributed by atoms with Crippen molar-refractivity contribution in [1.82, 2.24) is 5.43 Å². The number of ether oxygens (including phenoxy) is 1. The molecule has 2 bridgehead atoms. The summed E-state index contributed by atoms with van der Waals surface area (Å²) >= 11 is 0. The van der Waals surface area contributed by atoms with Crippen LogP contribution in [0.1, 0.15) is 36.0 Å². The molecule has 0 heterocycles. The highest BCUT2D eigenvalue weighted by Gasteiger charge is 2.36. The maximum atomic E-state index is 12.0. The number of rotatable bonds is 3. The molecule has 100 valence electrons. The Labute approximate surface area is 112 Å². The molecule has 1 aromatic rings. The molecule has 1 N–H and O–H groups in total. The van der Waals surface area contributed by atoms with Gasteiger partial charge in [-0.3, -0.25) is 4.79 Å². The van der Waals surface area contributed by atoms with Crippen LogP contribution in [-0.2, 0) is 0 Å². The van der Waals surface area contributed by atoms with E-state index in [0.29, 0.717) is 17.2 Å². The van der Waals surface area contributed by atoms with Crippen molar-refractivity contribution in [3.8, 4) is 5.75 Å². The van der Waals surface area contributed by atoms with Crippen molar-refractivity contribution in [2.45, 2.75) is 25.7 Å². The first-order valence-corrected chi connectivity index (χ1v) is 6.77. The summed E-state index contributed by atoms with van der Waals surface area (Å²) in [6, 6.07) is 7.10. The summed E-state index contributed by atoms with van der Waals surface area (Å²) in [5.41, 5.74) is 4.42. The van der Waals surface area contributed by atoms with E-state index in [4.69, 9.17) is 4.74 Å². The third-order valence-electron chi connectivity index (χ3n) is 4.14. The molecule has 2 fully saturated rings. The van der Waals surface area contributed by atoms with Crippen LogP contribution in [0, 0.1) is 11.8 Å². The fourth-order valence-corrected chi connectivity index (χ4v) is 3.11. The first-order chi connectivity index (χ1) is 9.26. The highest BCUT2D eigenvalue weighted by atomic mass is 16.5. The number of methoxy groups -OCH3 is 1. The van der Waals surface area contributed by atoms with Crippen LogP contribution in [0.15, 0.2) is 29.4 Å². The minimum absolute atomic E-state index is 0.172. The Morgan fingerprint density at radius 1 is 1.42 bits per heavy atom. The van der Waals surface area contributed by atoms with Gasteiger partial charge in [0.15, 0.2) is 0 Å². The van der Waals surface area contributed by atoms with E-state index < -0.39 is 0 Å². The minimum atomic E-state index is -0.172. The summed E-state index contributed by atoms with van der Waals surface area (Å²) in [6.45, 7) is 0. The second-order valence-electron chi connectivity index (χ2n) is 5.36. The number of hydrazone groups is 1. The zero-order valence-electron chi connectivity index (χ0n) is 11.1. The van der Waals surface area contributed by atoms with Crippen LogP contribution in [0.5, 0.6) is 5.75 Å². The van der Waals surface area contributed by atoms with Crippen molar-refractivity contribution in [2.24, 2.45) is 16.9 Å². The van der Waals surface area contributed by atoms with Crippen molar-refractivity contribution < 1.29 is 9.53 Å². The molecule has 0 spiro atoms. The summed E-state index contributed by atoms with van der Waals surface area (Å²) in [4.78, 5) is 12.0. The average molecular weight is 258 g/mol. The predicted molar refractivity (Wildman–Crippen MR) is 73.3 cm³/mol. The summed E-state index contributed by atoms with van der Waals surface area (Å²) in [5.74, 6) is 1.92. The van der Waals surface area contributed by atoms with Crippen molar-refractivity contribution in [1.29, 1.82) is 0 Å². The number of nitrogens with zero attached hydrogens (tertiary/aromatic N) is 1. The Kier molecular flexibility index (Phi) is 3.23. The lowest BCUT2D eigenvalue weighted by atomic mass is 9.99. The molecule has 19 heavy (non-hydrogen) atoms. The molecule has 0 radical (unpaired) electrons. The predicted octanol–water partition coefficient (Wildman–Crippen LogP) is 2.60. The van der Waals surface area contributed by atoms with Crippen LogP contribution in [0.2, 0.25) is 0 Å². The smallest absolute Gasteiger partial charge is 0.271 e. The van der Waals surface area contributed by atoms with Crippen LogP contribution in [-0.4, -0.2) is 18.7 Å². The molecule has 2 unspecified atom stereocenters. The van der Waals surface area contributed by atoms with Gasteiger partial charge < -0.3 is 4.74 Å². The quantitative estimate of drug-likeness (QED) is 0.847. The van der Waals surface area contributed by atoms with E-state index >= 15 is 0 Å². The number of carbonyl (C=O) groups is 1. The zero-order valence-corrected chi connectivity index (χ0v) is 11.1. The Morgan fingerprint density at radius 3 is 3.00 bits per heavy atom. The molecule has 0 aromatic heterocycles. The highest BCUT2D eigenvalue weighted by Crippen LogP contribution is 2.42. The fraction of sp³-hybridized carbons (Fsp3) is 0.467. The molecule has 3 rings (SSSR count). The van der Waals surface area contributed by atoms with Crippen molar-refractivity contribution in [3.05, 3.63) is 29.8 Å². The van der Waals surface area contributed by atoms with Gasteiger partial charge >= 0.3 is 0 Å². The number of benzene rings is 1. The van der Waals surface area contributed by atoms with Crippen LogP contribution >= 0.6 is 0 Å². The Bertz CT molecular complexity index is 525. The lowest BCUT2D eigenvalue weighted by Crippen LogP contribution is -2.21. The van der Waals surface area contributed by atoms with Gasteiger partial charge in [0.1, 0.15) is 5.75 Å². The lowest BCUT2D eigenvalue weighted by molar-refractivity contribution is 0.0954. The third-order valence-corrected chi connectivity index (χ3v) is 4.14. The van der Waals surface area contributed by atoms with Crippen molar-refractivity contribution >= 4 is 11.6 Å². The largest absolute Gasteiger partial charge is 0.497 e. The molecular formula is C15H18N2O2. The summed E-state index contributed by atoms with van der Waals surface area (Å²) < 4.78 is 5.11. The number of hydrogen-bond donors (Lipinski definition) is 1. The number of hydrogen-bond acceptors (Lipinski definition) is 3. The van der Waals surface area contributed by atoms with E-state index in [1.54, 1.807) is 25.3 Å². The Morgan fingerprint density at radius 2 is 2.32 bits per heavy atom. The van der Waals surface area contributed by atoms with E-state index in [9.17, 15) is 4.79 Å². The molecule has 1 amide bonds. The number of carbonyl (C=O) groups excluding carboxylic acids is 1. The summed E-state index contributed by atoms with van der Waals surface area (Å²) in [7, 11) is 1.59. The summed E-state index contributed by atoms with van der Waals surface area (Å²) in [6.07, 6.45) is 4.88. The van der Waals surface area contributed by atoms with Crippen LogP contribution in [0.4, 0.5) is 0 Å². The molecule has 2 atom stereocenters. The first kappa shape index (κ1) is 12.2. The van der Waals surface area contributed by atoms with Gasteiger partial charge in [-0.2, -0.15) is 5.10 Å². The van der Waals surface area contributed by atoms with Gasteiger partial charge in [0.05, 0.1) is 7.11 Å². The maximum absolute atomic E-state index is 12.0. The van der Waals surface area contributed by atoms with E-state index in [1.807, 2.05) is 6.07 Å². The van der Waals surface area contributed by atoms with Crippen LogP contribution in [0.25, 0.3) is 0 Å². The standard InChI is InChI=1S/C15H18N2O2/c1-19-13-4-2-3-12(9-13)15(18)17-16-14-8-10-5-6-11(14)7-10/h2-4,9-11H,5-8H2,1H3,(H,17,18). The number of nitrogens with one attached hydrogen (secondary N) is 1. The monoisotopic (exact) mass is 258 g/mol. The second-order valence-corrected chi connectivity index (χ2v) is 5.36. The first-order valence-electron chi connectivity index (χ1n) is 6.77. The third kappa shape index (κ3) is 2.48. The molecule has 0 saturated heterocycles. The van der Waals surface area contributed by atoms with E-state index in [1.165, 1.54) is 25.0 Å². The second kappa shape index (κ2) is 5.03. The van der Waals surface area contributed by atoms with E-state index in [2.05, 4.69) is 10.5 Å². The molecule has 2 saturated carbocycles. The topological polar surface area (TPSA) is 50.7 Å². The molecule has 2 aliphatic rings. The van der Waals surface area contributed by atoms with Gasteiger partial charge in [0.2, 0.25) is 0 Å². The maximum Gasteiger partial charge on any atom is 0.271 e. The Balaban J connectivity index is 1.66. The summed E-state index contributed by atoms with van der Waals surface area (Å²) in [5, 5.41) is 4.31. The highest BCUT2D eigenvalue weighted by molar-refractivity contribution is 5.96.